The van der Waals surface area contributed by atoms with Crippen molar-refractivity contribution < 1.29 is 19.2 Å². The fraction of sp³-hybridized carbons (Fsp3) is 0.0435. The first-order valence-corrected chi connectivity index (χ1v) is 9.53. The Morgan fingerprint density at radius 1 is 1.10 bits per heavy atom. The van der Waals surface area contributed by atoms with Gasteiger partial charge in [-0.2, -0.15) is 0 Å². The number of hydrogen-bond acceptors (Lipinski definition) is 7. The number of hydrogen-bond donors (Lipinski definition) is 1. The average molecular weight is 437 g/mol. The van der Waals surface area contributed by atoms with E-state index >= 15 is 0 Å². The van der Waals surface area contributed by atoms with Gasteiger partial charge in [-0.1, -0.05) is 29.8 Å². The van der Waals surface area contributed by atoms with E-state index in [-0.39, 0.29) is 33.2 Å². The lowest BCUT2D eigenvalue weighted by atomic mass is 10.0. The van der Waals surface area contributed by atoms with Gasteiger partial charge < -0.3 is 19.6 Å². The lowest BCUT2D eigenvalue weighted by Crippen LogP contribution is -2.12. The Balaban J connectivity index is 1.68. The highest BCUT2D eigenvalue weighted by Gasteiger charge is 2.16. The number of nitrogens with zero attached hydrogens (tertiary/aromatic N) is 1. The highest BCUT2D eigenvalue weighted by atomic mass is 35.5. The molecule has 4 aromatic rings. The molecule has 1 heterocycles. The summed E-state index contributed by atoms with van der Waals surface area (Å²) in [4.78, 5) is 25.4. The Kier molecular flexibility index (Phi) is 5.48. The van der Waals surface area contributed by atoms with E-state index < -0.39 is 5.97 Å². The number of anilines is 1. The van der Waals surface area contributed by atoms with Gasteiger partial charge in [0, 0.05) is 11.1 Å². The fourth-order valence-corrected chi connectivity index (χ4v) is 3.34. The molecule has 0 aliphatic carbocycles. The lowest BCUT2D eigenvalue weighted by Gasteiger charge is -2.21. The van der Waals surface area contributed by atoms with Crippen LogP contribution in [0.25, 0.3) is 22.1 Å². The van der Waals surface area contributed by atoms with Crippen LogP contribution in [0.2, 0.25) is 5.02 Å². The van der Waals surface area contributed by atoms with Gasteiger partial charge >= 0.3 is 5.97 Å². The van der Waals surface area contributed by atoms with Crippen molar-refractivity contribution in [2.75, 3.05) is 5.23 Å². The van der Waals surface area contributed by atoms with Crippen molar-refractivity contribution in [2.45, 2.75) is 6.92 Å². The Hall–Kier alpha value is -3.65. The molecule has 31 heavy (non-hydrogen) atoms. The van der Waals surface area contributed by atoms with Crippen molar-refractivity contribution in [1.29, 1.82) is 0 Å². The average Bonchev–Trinajstić information content (AvgIpc) is 2.75. The van der Waals surface area contributed by atoms with Crippen LogP contribution in [0.3, 0.4) is 0 Å². The molecule has 3 aromatic carbocycles. The topological polar surface area (TPSA) is 103 Å². The van der Waals surface area contributed by atoms with Gasteiger partial charge in [0.2, 0.25) is 5.43 Å². The van der Waals surface area contributed by atoms with Crippen LogP contribution < -0.4 is 15.4 Å². The molecule has 0 bridgehead atoms. The quantitative estimate of drug-likeness (QED) is 0.262. The predicted octanol–water partition coefficient (Wildman–Crippen LogP) is 5.33. The SMILES string of the molecule is Cc1oc2cc(OC(=O)c3cccc(N([O-])O)c3)ccc2c(=O)c1-c1ccc(Cl)cc1. The molecule has 0 atom stereocenters. The number of halogens is 1. The lowest BCUT2D eigenvalue weighted by molar-refractivity contribution is 0.0735. The van der Waals surface area contributed by atoms with E-state index in [0.717, 1.165) is 0 Å². The van der Waals surface area contributed by atoms with E-state index in [1.54, 1.807) is 31.2 Å². The number of esters is 1. The third kappa shape index (κ3) is 4.15. The third-order valence-corrected chi connectivity index (χ3v) is 4.94. The van der Waals surface area contributed by atoms with Crippen LogP contribution in [0, 0.1) is 12.1 Å². The first-order chi connectivity index (χ1) is 14.8. The van der Waals surface area contributed by atoms with E-state index in [2.05, 4.69) is 0 Å². The van der Waals surface area contributed by atoms with Gasteiger partial charge in [-0.25, -0.2) is 4.79 Å². The Morgan fingerprint density at radius 3 is 2.55 bits per heavy atom. The highest BCUT2D eigenvalue weighted by Crippen LogP contribution is 2.27. The van der Waals surface area contributed by atoms with Crippen molar-refractivity contribution in [2.24, 2.45) is 0 Å². The van der Waals surface area contributed by atoms with Gasteiger partial charge in [-0.3, -0.25) is 10.0 Å². The Morgan fingerprint density at radius 2 is 1.84 bits per heavy atom. The maximum absolute atomic E-state index is 13.0. The van der Waals surface area contributed by atoms with Gasteiger partial charge in [0.25, 0.3) is 0 Å². The van der Waals surface area contributed by atoms with Crippen molar-refractivity contribution in [1.82, 2.24) is 0 Å². The zero-order valence-electron chi connectivity index (χ0n) is 16.2. The minimum Gasteiger partial charge on any atom is -0.733 e. The molecular formula is C23H15ClNO6-. The Labute approximate surface area is 181 Å². The van der Waals surface area contributed by atoms with Crippen LogP contribution in [0.1, 0.15) is 16.1 Å². The summed E-state index contributed by atoms with van der Waals surface area (Å²) >= 11 is 5.93. The van der Waals surface area contributed by atoms with Crippen LogP contribution in [0.4, 0.5) is 5.69 Å². The molecule has 0 amide bonds. The zero-order chi connectivity index (χ0) is 22.1. The second-order valence-electron chi connectivity index (χ2n) is 6.74. The molecule has 8 heteroatoms. The number of fused-ring (bicyclic) bond motifs is 1. The molecule has 1 aromatic heterocycles. The van der Waals surface area contributed by atoms with E-state index in [4.69, 9.17) is 26.0 Å². The minimum atomic E-state index is -0.736. The van der Waals surface area contributed by atoms with E-state index in [1.165, 1.54) is 42.5 Å². The summed E-state index contributed by atoms with van der Waals surface area (Å²) in [6.07, 6.45) is 0. The van der Waals surface area contributed by atoms with Crippen LogP contribution in [0.5, 0.6) is 5.75 Å². The summed E-state index contributed by atoms with van der Waals surface area (Å²) in [6.45, 7) is 1.68. The summed E-state index contributed by atoms with van der Waals surface area (Å²) in [5.41, 5.74) is 1.12. The summed E-state index contributed by atoms with van der Waals surface area (Å²) in [7, 11) is 0. The van der Waals surface area contributed by atoms with Gasteiger partial charge in [0.1, 0.15) is 17.1 Å². The van der Waals surface area contributed by atoms with Crippen LogP contribution >= 0.6 is 11.6 Å². The van der Waals surface area contributed by atoms with Gasteiger partial charge in [0.05, 0.1) is 22.2 Å². The van der Waals surface area contributed by atoms with Crippen LogP contribution in [-0.2, 0) is 0 Å². The van der Waals surface area contributed by atoms with Gasteiger partial charge in [-0.15, -0.1) is 0 Å². The van der Waals surface area contributed by atoms with E-state index in [9.17, 15) is 14.8 Å². The predicted molar refractivity (Wildman–Crippen MR) is 117 cm³/mol. The highest BCUT2D eigenvalue weighted by molar-refractivity contribution is 6.30. The third-order valence-electron chi connectivity index (χ3n) is 4.69. The maximum Gasteiger partial charge on any atom is 0.343 e. The molecule has 0 saturated heterocycles. The number of carbonyl (C=O) groups is 1. The van der Waals surface area contributed by atoms with Crippen molar-refractivity contribution >= 4 is 34.2 Å². The number of ether oxygens (including phenoxy) is 1. The maximum atomic E-state index is 13.0. The van der Waals surface area contributed by atoms with Gasteiger partial charge in [-0.05, 0) is 55.0 Å². The van der Waals surface area contributed by atoms with E-state index in [0.29, 0.717) is 27.3 Å². The van der Waals surface area contributed by atoms with Crippen molar-refractivity contribution in [3.8, 4) is 16.9 Å². The second kappa shape index (κ2) is 8.23. The monoisotopic (exact) mass is 436 g/mol. The van der Waals surface area contributed by atoms with Crippen molar-refractivity contribution in [3.05, 3.63) is 98.5 Å². The Bertz CT molecular complexity index is 1340. The first-order valence-electron chi connectivity index (χ1n) is 9.15. The molecule has 0 aliphatic rings. The number of aryl methyl sites for hydroxylation is 1. The summed E-state index contributed by atoms with van der Waals surface area (Å²) in [6, 6.07) is 16.7. The number of benzene rings is 3. The van der Waals surface area contributed by atoms with Crippen LogP contribution in [0.15, 0.2) is 75.9 Å². The number of rotatable bonds is 4. The van der Waals surface area contributed by atoms with Gasteiger partial charge in [0.15, 0.2) is 0 Å². The zero-order valence-corrected chi connectivity index (χ0v) is 16.9. The summed E-state index contributed by atoms with van der Waals surface area (Å²) < 4.78 is 11.2. The molecule has 1 N–H and O–H groups in total. The normalized spacial score (nSPS) is 10.8. The molecule has 0 aliphatic heterocycles. The second-order valence-corrected chi connectivity index (χ2v) is 7.18. The molecule has 0 saturated carbocycles. The van der Waals surface area contributed by atoms with Crippen LogP contribution in [-0.4, -0.2) is 11.2 Å². The molecule has 0 radical (unpaired) electrons. The molecule has 0 fully saturated rings. The molecular weight excluding hydrogens is 422 g/mol. The summed E-state index contributed by atoms with van der Waals surface area (Å²) in [5, 5.41) is 20.5. The first kappa shape index (κ1) is 20.6. The smallest absolute Gasteiger partial charge is 0.343 e. The largest absolute Gasteiger partial charge is 0.733 e. The van der Waals surface area contributed by atoms with Crippen molar-refractivity contribution in [3.63, 3.8) is 0 Å². The van der Waals surface area contributed by atoms with E-state index in [1.807, 2.05) is 0 Å². The standard InChI is InChI=1S/C23H15ClNO6/c1-13-21(14-5-7-16(24)8-6-14)22(26)19-10-9-18(12-20(19)30-13)31-23(27)15-3-2-4-17(11-15)25(28)29/h2-12,28H,1H3/q-1. The molecule has 0 spiro atoms. The summed E-state index contributed by atoms with van der Waals surface area (Å²) in [5.74, 6) is -0.165. The minimum absolute atomic E-state index is 0.0724. The molecule has 7 nitrogen and oxygen atoms in total. The number of carbonyl (C=O) groups excluding carboxylic acids is 1. The molecule has 4 rings (SSSR count). The fourth-order valence-electron chi connectivity index (χ4n) is 3.22. The molecule has 156 valence electrons. The molecule has 0 unspecified atom stereocenters.